The molecule has 10 heteroatoms. The summed E-state index contributed by atoms with van der Waals surface area (Å²) in [5.41, 5.74) is 1.57. The molecule has 0 aliphatic heterocycles. The third-order valence-electron chi connectivity index (χ3n) is 4.42. The molecular formula is C20H24Cl2N2O5S. The van der Waals surface area contributed by atoms with Crippen molar-refractivity contribution in [2.45, 2.75) is 19.8 Å². The highest BCUT2D eigenvalue weighted by atomic mass is 35.5. The molecule has 0 heterocycles. The van der Waals surface area contributed by atoms with Crippen LogP contribution in [0.15, 0.2) is 30.3 Å². The molecule has 1 amide bonds. The van der Waals surface area contributed by atoms with Gasteiger partial charge in [-0.15, -0.1) is 0 Å². The lowest BCUT2D eigenvalue weighted by molar-refractivity contribution is -0.116. The van der Waals surface area contributed by atoms with E-state index in [9.17, 15) is 13.2 Å². The van der Waals surface area contributed by atoms with E-state index in [2.05, 4.69) is 5.32 Å². The maximum Gasteiger partial charge on any atom is 0.232 e. The van der Waals surface area contributed by atoms with Crippen LogP contribution in [0.3, 0.4) is 0 Å². The van der Waals surface area contributed by atoms with E-state index in [0.29, 0.717) is 44.9 Å². The fourth-order valence-corrected chi connectivity index (χ4v) is 4.30. The molecule has 0 radical (unpaired) electrons. The third kappa shape index (κ3) is 5.93. The van der Waals surface area contributed by atoms with Crippen molar-refractivity contribution in [1.29, 1.82) is 0 Å². The Morgan fingerprint density at radius 2 is 1.77 bits per heavy atom. The zero-order valence-corrected chi connectivity index (χ0v) is 19.5. The van der Waals surface area contributed by atoms with E-state index < -0.39 is 10.0 Å². The van der Waals surface area contributed by atoms with Crippen LogP contribution in [0, 0.1) is 6.92 Å². The van der Waals surface area contributed by atoms with E-state index in [1.807, 2.05) is 0 Å². The Labute approximate surface area is 186 Å². The van der Waals surface area contributed by atoms with Gasteiger partial charge in [0.25, 0.3) is 0 Å². The van der Waals surface area contributed by atoms with Gasteiger partial charge in [-0.1, -0.05) is 29.3 Å². The molecule has 164 valence electrons. The van der Waals surface area contributed by atoms with Gasteiger partial charge in [0.2, 0.25) is 15.9 Å². The van der Waals surface area contributed by atoms with E-state index in [4.69, 9.17) is 32.7 Å². The summed E-state index contributed by atoms with van der Waals surface area (Å²) in [4.78, 5) is 12.4. The monoisotopic (exact) mass is 474 g/mol. The number of nitrogens with one attached hydrogen (secondary N) is 1. The molecule has 0 bridgehead atoms. The van der Waals surface area contributed by atoms with E-state index in [1.54, 1.807) is 37.3 Å². The SMILES string of the molecule is COc1cc(NC(=O)CCCN(c2cccc(Cl)c2C)S(C)(=O)=O)c(OC)cc1Cl. The summed E-state index contributed by atoms with van der Waals surface area (Å²) >= 11 is 12.2. The van der Waals surface area contributed by atoms with Gasteiger partial charge in [-0.05, 0) is 31.0 Å². The van der Waals surface area contributed by atoms with Crippen LogP contribution >= 0.6 is 23.2 Å². The zero-order chi connectivity index (χ0) is 22.5. The molecule has 0 aromatic heterocycles. The standard InChI is InChI=1S/C20H24Cl2N2O5S/c1-13-14(21)7-5-8-17(13)24(30(4,26)27)10-6-9-20(25)23-16-12-18(28-2)15(22)11-19(16)29-3/h5,7-8,11-12H,6,9-10H2,1-4H3,(H,23,25). The summed E-state index contributed by atoms with van der Waals surface area (Å²) in [7, 11) is -0.614. The average Bonchev–Trinajstić information content (AvgIpc) is 2.68. The molecule has 0 unspecified atom stereocenters. The lowest BCUT2D eigenvalue weighted by atomic mass is 10.2. The number of hydrogen-bond acceptors (Lipinski definition) is 5. The topological polar surface area (TPSA) is 84.9 Å². The minimum Gasteiger partial charge on any atom is -0.495 e. The molecule has 0 fully saturated rings. The molecule has 0 atom stereocenters. The van der Waals surface area contributed by atoms with Gasteiger partial charge in [-0.2, -0.15) is 0 Å². The first kappa shape index (κ1) is 24.1. The van der Waals surface area contributed by atoms with Gasteiger partial charge in [0.1, 0.15) is 11.5 Å². The molecule has 0 spiro atoms. The summed E-state index contributed by atoms with van der Waals surface area (Å²) in [6.45, 7) is 1.89. The van der Waals surface area contributed by atoms with Gasteiger partial charge in [0.15, 0.2) is 0 Å². The van der Waals surface area contributed by atoms with Crippen molar-refractivity contribution < 1.29 is 22.7 Å². The van der Waals surface area contributed by atoms with Crippen LogP contribution in [0.25, 0.3) is 0 Å². The molecule has 0 saturated heterocycles. The van der Waals surface area contributed by atoms with Gasteiger partial charge < -0.3 is 14.8 Å². The Morgan fingerprint density at radius 3 is 2.37 bits per heavy atom. The Balaban J connectivity index is 2.09. The third-order valence-corrected chi connectivity index (χ3v) is 6.31. The number of halogens is 2. The highest BCUT2D eigenvalue weighted by Crippen LogP contribution is 2.36. The summed E-state index contributed by atoms with van der Waals surface area (Å²) in [6, 6.07) is 8.19. The molecular weight excluding hydrogens is 451 g/mol. The van der Waals surface area contributed by atoms with Crippen molar-refractivity contribution in [2.24, 2.45) is 0 Å². The number of anilines is 2. The normalized spacial score (nSPS) is 11.1. The summed E-state index contributed by atoms with van der Waals surface area (Å²) < 4.78 is 36.2. The van der Waals surface area contributed by atoms with E-state index in [1.165, 1.54) is 18.5 Å². The Bertz CT molecular complexity index is 1030. The van der Waals surface area contributed by atoms with Crippen LogP contribution in [0.2, 0.25) is 10.0 Å². The molecule has 2 rings (SSSR count). The predicted molar refractivity (Wildman–Crippen MR) is 121 cm³/mol. The van der Waals surface area contributed by atoms with Crippen molar-refractivity contribution in [3.63, 3.8) is 0 Å². The highest BCUT2D eigenvalue weighted by Gasteiger charge is 2.20. The van der Waals surface area contributed by atoms with Crippen molar-refractivity contribution in [3.8, 4) is 11.5 Å². The quantitative estimate of drug-likeness (QED) is 0.577. The number of rotatable bonds is 9. The number of amides is 1. The van der Waals surface area contributed by atoms with E-state index in [-0.39, 0.29) is 18.9 Å². The molecule has 2 aromatic rings. The number of carbonyl (C=O) groups is 1. The van der Waals surface area contributed by atoms with E-state index in [0.717, 1.165) is 6.26 Å². The molecule has 7 nitrogen and oxygen atoms in total. The second-order valence-electron chi connectivity index (χ2n) is 6.56. The number of carbonyl (C=O) groups excluding carboxylic acids is 1. The number of nitrogens with zero attached hydrogens (tertiary/aromatic N) is 1. The van der Waals surface area contributed by atoms with Crippen molar-refractivity contribution in [2.75, 3.05) is 36.6 Å². The summed E-state index contributed by atoms with van der Waals surface area (Å²) in [5, 5.41) is 3.57. The van der Waals surface area contributed by atoms with Gasteiger partial charge in [-0.25, -0.2) is 8.42 Å². The van der Waals surface area contributed by atoms with Crippen molar-refractivity contribution >= 4 is 50.5 Å². The smallest absolute Gasteiger partial charge is 0.232 e. The van der Waals surface area contributed by atoms with Crippen LogP contribution in [-0.4, -0.2) is 41.3 Å². The molecule has 0 aliphatic carbocycles. The first-order valence-corrected chi connectivity index (χ1v) is 11.6. The maximum atomic E-state index is 12.4. The molecule has 30 heavy (non-hydrogen) atoms. The van der Waals surface area contributed by atoms with Crippen LogP contribution < -0.4 is 19.1 Å². The molecule has 0 saturated carbocycles. The predicted octanol–water partition coefficient (Wildman–Crippen LogP) is 4.50. The van der Waals surface area contributed by atoms with Crippen LogP contribution in [0.5, 0.6) is 11.5 Å². The largest absolute Gasteiger partial charge is 0.495 e. The first-order chi connectivity index (χ1) is 14.1. The minimum atomic E-state index is -3.55. The van der Waals surface area contributed by atoms with E-state index >= 15 is 0 Å². The highest BCUT2D eigenvalue weighted by molar-refractivity contribution is 7.92. The molecule has 1 N–H and O–H groups in total. The number of hydrogen-bond donors (Lipinski definition) is 1. The van der Waals surface area contributed by atoms with Gasteiger partial charge >= 0.3 is 0 Å². The first-order valence-electron chi connectivity index (χ1n) is 9.02. The van der Waals surface area contributed by atoms with Crippen molar-refractivity contribution in [1.82, 2.24) is 0 Å². The number of methoxy groups -OCH3 is 2. The second kappa shape index (κ2) is 10.2. The summed E-state index contributed by atoms with van der Waals surface area (Å²) in [6.07, 6.45) is 1.52. The summed E-state index contributed by atoms with van der Waals surface area (Å²) in [5.74, 6) is 0.489. The lowest BCUT2D eigenvalue weighted by Gasteiger charge is -2.24. The number of benzene rings is 2. The van der Waals surface area contributed by atoms with Crippen molar-refractivity contribution in [3.05, 3.63) is 45.9 Å². The fourth-order valence-electron chi connectivity index (χ4n) is 2.89. The van der Waals surface area contributed by atoms with Crippen LogP contribution in [0.4, 0.5) is 11.4 Å². The molecule has 2 aromatic carbocycles. The Kier molecular flexibility index (Phi) is 8.23. The maximum absolute atomic E-state index is 12.4. The second-order valence-corrected chi connectivity index (χ2v) is 9.28. The lowest BCUT2D eigenvalue weighted by Crippen LogP contribution is -2.32. The van der Waals surface area contributed by atoms with Crippen LogP contribution in [-0.2, 0) is 14.8 Å². The van der Waals surface area contributed by atoms with Crippen LogP contribution in [0.1, 0.15) is 18.4 Å². The van der Waals surface area contributed by atoms with Gasteiger partial charge in [0.05, 0.1) is 36.9 Å². The molecule has 0 aliphatic rings. The zero-order valence-electron chi connectivity index (χ0n) is 17.2. The average molecular weight is 475 g/mol. The Hall–Kier alpha value is -2.16. The fraction of sp³-hybridized carbons (Fsp3) is 0.350. The minimum absolute atomic E-state index is 0.0970. The Morgan fingerprint density at radius 1 is 1.10 bits per heavy atom. The number of sulfonamides is 1. The van der Waals surface area contributed by atoms with Gasteiger partial charge in [-0.3, -0.25) is 9.10 Å². The van der Waals surface area contributed by atoms with Gasteiger partial charge in [0, 0.05) is 30.1 Å². The number of ether oxygens (including phenoxy) is 2.